The number of rotatable bonds is 10. The van der Waals surface area contributed by atoms with Crippen LogP contribution in [0.4, 0.5) is 10.7 Å². The molecule has 2 N–H and O–H groups in total. The van der Waals surface area contributed by atoms with Crippen molar-refractivity contribution < 1.29 is 19.1 Å². The molecule has 0 atom stereocenters. The van der Waals surface area contributed by atoms with Crippen LogP contribution in [0.1, 0.15) is 36.7 Å². The molecular weight excluding hydrogens is 452 g/mol. The number of piperazine rings is 1. The molecule has 1 saturated heterocycles. The highest BCUT2D eigenvalue weighted by molar-refractivity contribution is 7.15. The number of nitrogens with zero attached hydrogens (tertiary/aromatic N) is 2. The van der Waals surface area contributed by atoms with Crippen LogP contribution in [0.3, 0.4) is 0 Å². The third-order valence-electron chi connectivity index (χ3n) is 5.48. The molecule has 0 unspecified atom stereocenters. The number of ether oxygens (including phenoxy) is 1. The number of thiophene rings is 1. The average molecular weight is 487 g/mol. The molecule has 1 aliphatic rings. The van der Waals surface area contributed by atoms with E-state index in [1.807, 2.05) is 35.7 Å². The predicted octanol–water partition coefficient (Wildman–Crippen LogP) is 3.32. The lowest BCUT2D eigenvalue weighted by Crippen LogP contribution is -2.50. The molecule has 1 aliphatic heterocycles. The van der Waals surface area contributed by atoms with Crippen LogP contribution in [0.2, 0.25) is 0 Å². The molecule has 184 valence electrons. The topological polar surface area (TPSA) is 91.0 Å². The highest BCUT2D eigenvalue weighted by atomic mass is 32.1. The molecule has 2 heterocycles. The SMILES string of the molecule is CCOC(=O)c1c(CC(C)C)csc1NC(=O)CN1CCN(CC(=O)Nc2ccccc2)CC1. The first-order valence-corrected chi connectivity index (χ1v) is 12.6. The zero-order chi connectivity index (χ0) is 24.5. The molecular formula is C25H34N4O4S. The first-order valence-electron chi connectivity index (χ1n) is 11.7. The van der Waals surface area contributed by atoms with Gasteiger partial charge in [-0.25, -0.2) is 4.79 Å². The molecule has 1 aromatic heterocycles. The minimum Gasteiger partial charge on any atom is -0.462 e. The van der Waals surface area contributed by atoms with E-state index in [1.165, 1.54) is 11.3 Å². The Labute approximate surface area is 205 Å². The van der Waals surface area contributed by atoms with Gasteiger partial charge in [0.15, 0.2) is 0 Å². The van der Waals surface area contributed by atoms with E-state index in [0.29, 0.717) is 49.2 Å². The lowest BCUT2D eigenvalue weighted by molar-refractivity contribution is -0.120. The van der Waals surface area contributed by atoms with Crippen LogP contribution in [0.5, 0.6) is 0 Å². The number of amides is 2. The standard InChI is InChI=1S/C25H34N4O4S/c1-4-33-25(32)23-19(14-18(2)3)17-34-24(23)27-22(31)16-29-12-10-28(11-13-29)15-21(30)26-20-8-6-5-7-9-20/h5-9,17-18H,4,10-16H2,1-3H3,(H,26,30)(H,27,31). The highest BCUT2D eigenvalue weighted by Gasteiger charge is 2.24. The minimum atomic E-state index is -0.392. The molecule has 0 saturated carbocycles. The van der Waals surface area contributed by atoms with Crippen LogP contribution in [-0.2, 0) is 20.7 Å². The van der Waals surface area contributed by atoms with Crippen LogP contribution >= 0.6 is 11.3 Å². The first-order chi connectivity index (χ1) is 16.4. The summed E-state index contributed by atoms with van der Waals surface area (Å²) in [5.74, 6) is -0.202. The van der Waals surface area contributed by atoms with Gasteiger partial charge in [-0.3, -0.25) is 19.4 Å². The molecule has 2 aromatic rings. The van der Waals surface area contributed by atoms with Crippen LogP contribution < -0.4 is 10.6 Å². The van der Waals surface area contributed by atoms with Crippen molar-refractivity contribution in [1.29, 1.82) is 0 Å². The maximum atomic E-state index is 12.7. The van der Waals surface area contributed by atoms with Gasteiger partial charge in [-0.05, 0) is 42.3 Å². The fraction of sp³-hybridized carbons (Fsp3) is 0.480. The Morgan fingerprint density at radius 2 is 1.56 bits per heavy atom. The molecule has 34 heavy (non-hydrogen) atoms. The zero-order valence-corrected chi connectivity index (χ0v) is 21.0. The zero-order valence-electron chi connectivity index (χ0n) is 20.1. The second kappa shape index (κ2) is 12.6. The van der Waals surface area contributed by atoms with Gasteiger partial charge in [0.05, 0.1) is 25.3 Å². The summed E-state index contributed by atoms with van der Waals surface area (Å²) in [7, 11) is 0. The van der Waals surface area contributed by atoms with Gasteiger partial charge in [-0.1, -0.05) is 32.0 Å². The lowest BCUT2D eigenvalue weighted by Gasteiger charge is -2.33. The van der Waals surface area contributed by atoms with E-state index in [1.54, 1.807) is 6.92 Å². The molecule has 2 amide bonds. The molecule has 8 nitrogen and oxygen atoms in total. The van der Waals surface area contributed by atoms with Crippen molar-refractivity contribution in [2.75, 3.05) is 56.5 Å². The highest BCUT2D eigenvalue weighted by Crippen LogP contribution is 2.31. The van der Waals surface area contributed by atoms with E-state index in [-0.39, 0.29) is 25.0 Å². The van der Waals surface area contributed by atoms with Crippen molar-refractivity contribution in [3.05, 3.63) is 46.8 Å². The Hall–Kier alpha value is -2.75. The summed E-state index contributed by atoms with van der Waals surface area (Å²) in [4.78, 5) is 41.7. The molecule has 0 radical (unpaired) electrons. The number of carbonyl (C=O) groups is 3. The molecule has 9 heteroatoms. The Balaban J connectivity index is 1.48. The fourth-order valence-corrected chi connectivity index (χ4v) is 4.88. The maximum Gasteiger partial charge on any atom is 0.341 e. The number of esters is 1. The smallest absolute Gasteiger partial charge is 0.341 e. The van der Waals surface area contributed by atoms with Gasteiger partial charge in [0.1, 0.15) is 5.00 Å². The van der Waals surface area contributed by atoms with Crippen molar-refractivity contribution in [3.63, 3.8) is 0 Å². The number of anilines is 2. The largest absolute Gasteiger partial charge is 0.462 e. The Morgan fingerprint density at radius 1 is 0.971 bits per heavy atom. The third kappa shape index (κ3) is 7.65. The Bertz CT molecular complexity index is 969. The van der Waals surface area contributed by atoms with Gasteiger partial charge in [-0.15, -0.1) is 11.3 Å². The summed E-state index contributed by atoms with van der Waals surface area (Å²) in [6.45, 7) is 9.62. The lowest BCUT2D eigenvalue weighted by atomic mass is 10.0. The van der Waals surface area contributed by atoms with E-state index < -0.39 is 5.97 Å². The first kappa shape index (κ1) is 25.9. The second-order valence-corrected chi connectivity index (χ2v) is 9.68. The molecule has 0 spiro atoms. The van der Waals surface area contributed by atoms with Crippen molar-refractivity contribution >= 4 is 39.8 Å². The monoisotopic (exact) mass is 486 g/mol. The number of hydrogen-bond donors (Lipinski definition) is 2. The summed E-state index contributed by atoms with van der Waals surface area (Å²) in [5, 5.41) is 8.31. The number of benzene rings is 1. The van der Waals surface area contributed by atoms with Crippen LogP contribution in [0.15, 0.2) is 35.7 Å². The van der Waals surface area contributed by atoms with Crippen molar-refractivity contribution in [2.45, 2.75) is 27.2 Å². The molecule has 1 aromatic carbocycles. The molecule has 0 bridgehead atoms. The van der Waals surface area contributed by atoms with Gasteiger partial charge in [0.25, 0.3) is 0 Å². The van der Waals surface area contributed by atoms with Crippen molar-refractivity contribution in [2.24, 2.45) is 5.92 Å². The van der Waals surface area contributed by atoms with E-state index >= 15 is 0 Å². The predicted molar refractivity (Wildman–Crippen MR) is 135 cm³/mol. The number of para-hydroxylation sites is 1. The van der Waals surface area contributed by atoms with Crippen LogP contribution in [0, 0.1) is 5.92 Å². The summed E-state index contributed by atoms with van der Waals surface area (Å²) in [6, 6.07) is 9.40. The summed E-state index contributed by atoms with van der Waals surface area (Å²) < 4.78 is 5.23. The molecule has 3 rings (SSSR count). The minimum absolute atomic E-state index is 0.0428. The summed E-state index contributed by atoms with van der Waals surface area (Å²) in [5.41, 5.74) is 2.18. The quantitative estimate of drug-likeness (QED) is 0.501. The number of carbonyl (C=O) groups excluding carboxylic acids is 3. The molecule has 0 aliphatic carbocycles. The van der Waals surface area contributed by atoms with E-state index in [9.17, 15) is 14.4 Å². The van der Waals surface area contributed by atoms with Gasteiger partial charge in [0, 0.05) is 31.9 Å². The Kier molecular flexibility index (Phi) is 9.62. The maximum absolute atomic E-state index is 12.7. The van der Waals surface area contributed by atoms with Crippen molar-refractivity contribution in [3.8, 4) is 0 Å². The number of hydrogen-bond acceptors (Lipinski definition) is 7. The van der Waals surface area contributed by atoms with E-state index in [2.05, 4.69) is 34.3 Å². The summed E-state index contributed by atoms with van der Waals surface area (Å²) in [6.07, 6.45) is 0.750. The van der Waals surface area contributed by atoms with E-state index in [0.717, 1.165) is 17.7 Å². The van der Waals surface area contributed by atoms with Crippen LogP contribution in [0.25, 0.3) is 0 Å². The second-order valence-electron chi connectivity index (χ2n) is 8.80. The van der Waals surface area contributed by atoms with Gasteiger partial charge in [0.2, 0.25) is 11.8 Å². The fourth-order valence-electron chi connectivity index (χ4n) is 3.90. The average Bonchev–Trinajstić information content (AvgIpc) is 3.17. The van der Waals surface area contributed by atoms with Gasteiger partial charge >= 0.3 is 5.97 Å². The van der Waals surface area contributed by atoms with Crippen molar-refractivity contribution in [1.82, 2.24) is 9.80 Å². The Morgan fingerprint density at radius 3 is 2.12 bits per heavy atom. The number of nitrogens with one attached hydrogen (secondary N) is 2. The normalized spacial score (nSPS) is 14.7. The van der Waals surface area contributed by atoms with Crippen LogP contribution in [-0.4, -0.2) is 73.5 Å². The molecule has 1 fully saturated rings. The summed E-state index contributed by atoms with van der Waals surface area (Å²) >= 11 is 1.37. The van der Waals surface area contributed by atoms with E-state index in [4.69, 9.17) is 4.74 Å². The van der Waals surface area contributed by atoms with Gasteiger partial charge < -0.3 is 15.4 Å². The third-order valence-corrected chi connectivity index (χ3v) is 6.43. The van der Waals surface area contributed by atoms with Gasteiger partial charge in [-0.2, -0.15) is 0 Å².